The molecule has 1 saturated heterocycles. The first kappa shape index (κ1) is 26.9. The number of nitrogens with one attached hydrogen (secondary N) is 1. The zero-order valence-corrected chi connectivity index (χ0v) is 19.7. The summed E-state index contributed by atoms with van der Waals surface area (Å²) in [5, 5.41) is 11.5. The number of aliphatic carboxylic acids is 1. The first-order chi connectivity index (χ1) is 13.5. The number of carboxylic acid groups (broad SMARTS) is 1. The van der Waals surface area contributed by atoms with Gasteiger partial charge in [0.15, 0.2) is 0 Å². The molecule has 1 atom stereocenters. The molecular weight excluding hydrogens is 384 g/mol. The van der Waals surface area contributed by atoms with Crippen LogP contribution in [0.3, 0.4) is 0 Å². The predicted molar refractivity (Wildman–Crippen MR) is 125 cm³/mol. The molecular formula is C23H36N2O3S. The zero-order valence-electron chi connectivity index (χ0n) is 18.8. The lowest BCUT2D eigenvalue weighted by atomic mass is 9.84. The van der Waals surface area contributed by atoms with Gasteiger partial charge in [0.25, 0.3) is 0 Å². The Kier molecular flexibility index (Phi) is 12.3. The third-order valence-electron chi connectivity index (χ3n) is 3.98. The molecule has 1 heterocycles. The van der Waals surface area contributed by atoms with Crippen LogP contribution in [0.25, 0.3) is 0 Å². The van der Waals surface area contributed by atoms with Crippen LogP contribution in [-0.4, -0.2) is 36.0 Å². The molecule has 0 unspecified atom stereocenters. The number of unbranched alkanes of at least 4 members (excludes halogenated alkanes) is 1. The molecule has 1 aromatic carbocycles. The van der Waals surface area contributed by atoms with Crippen LogP contribution >= 0.6 is 11.8 Å². The molecule has 6 heteroatoms. The lowest BCUT2D eigenvalue weighted by Gasteiger charge is -2.21. The van der Waals surface area contributed by atoms with Crippen molar-refractivity contribution in [2.45, 2.75) is 71.5 Å². The lowest BCUT2D eigenvalue weighted by molar-refractivity contribution is -0.138. The summed E-state index contributed by atoms with van der Waals surface area (Å²) in [7, 11) is 1.64. The Bertz CT molecular complexity index is 721. The van der Waals surface area contributed by atoms with Gasteiger partial charge in [-0.05, 0) is 43.5 Å². The summed E-state index contributed by atoms with van der Waals surface area (Å²) in [6.07, 6.45) is 3.75. The third kappa shape index (κ3) is 10.9. The van der Waals surface area contributed by atoms with Crippen LogP contribution in [0.4, 0.5) is 0 Å². The van der Waals surface area contributed by atoms with Gasteiger partial charge in [0.05, 0.1) is 11.4 Å². The number of hydrogen-bond donors (Lipinski definition) is 2. The fourth-order valence-electron chi connectivity index (χ4n) is 2.76. The first-order valence-corrected chi connectivity index (χ1v) is 10.7. The lowest BCUT2D eigenvalue weighted by Crippen LogP contribution is -2.24. The standard InChI is InChI=1S/C12H18.C9H13NO3S.C2H5N/c1-9-6-7-11(10(2)8-9)12(3,4)5;1-2-3-4-7-10-9(13)6(14-7)5-8(11)12;1-3-2/h6-8H,1-5H3;4,6H,2-3,5H2,1H3,(H,10,13)(H,11,12);1H2,2H3/b;7-4-;/t;6-;/m.1./s1. The number of aryl methyl sites for hydroxylation is 2. The van der Waals surface area contributed by atoms with E-state index in [0.717, 1.165) is 17.9 Å². The Balaban J connectivity index is 0.000000481. The maximum Gasteiger partial charge on any atom is 0.305 e. The van der Waals surface area contributed by atoms with Gasteiger partial charge in [0.2, 0.25) is 5.91 Å². The van der Waals surface area contributed by atoms with E-state index in [9.17, 15) is 9.59 Å². The van der Waals surface area contributed by atoms with Gasteiger partial charge in [-0.15, -0.1) is 0 Å². The number of benzene rings is 1. The maximum atomic E-state index is 11.2. The molecule has 1 aromatic rings. The number of rotatable bonds is 4. The Morgan fingerprint density at radius 2 is 1.93 bits per heavy atom. The predicted octanol–water partition coefficient (Wildman–Crippen LogP) is 5.25. The van der Waals surface area contributed by atoms with E-state index in [0.29, 0.717) is 0 Å². The van der Waals surface area contributed by atoms with Gasteiger partial charge in [-0.25, -0.2) is 0 Å². The van der Waals surface area contributed by atoms with Gasteiger partial charge < -0.3 is 15.4 Å². The SMILES string of the molecule is C=NC.CCC/C=C1/NC(=O)[C@@H](CC(=O)O)S1.Cc1ccc(C(C)(C)C)c(C)c1. The van der Waals surface area contributed by atoms with E-state index in [1.165, 1.54) is 28.5 Å². The topological polar surface area (TPSA) is 78.8 Å². The second kappa shape index (κ2) is 13.2. The van der Waals surface area contributed by atoms with Crippen molar-refractivity contribution in [1.29, 1.82) is 0 Å². The smallest absolute Gasteiger partial charge is 0.305 e. The number of allylic oxidation sites excluding steroid dienone is 1. The molecule has 1 fully saturated rings. The van der Waals surface area contributed by atoms with Crippen molar-refractivity contribution < 1.29 is 14.7 Å². The van der Waals surface area contributed by atoms with Crippen molar-refractivity contribution in [1.82, 2.24) is 5.32 Å². The number of carboxylic acids is 1. The minimum Gasteiger partial charge on any atom is -0.481 e. The molecule has 5 nitrogen and oxygen atoms in total. The van der Waals surface area contributed by atoms with Crippen LogP contribution < -0.4 is 5.32 Å². The molecule has 2 rings (SSSR count). The molecule has 1 aliphatic heterocycles. The van der Waals surface area contributed by atoms with E-state index in [1.54, 1.807) is 7.05 Å². The summed E-state index contributed by atoms with van der Waals surface area (Å²) in [4.78, 5) is 24.9. The maximum absolute atomic E-state index is 11.2. The number of carbonyl (C=O) groups is 2. The Morgan fingerprint density at radius 3 is 2.38 bits per heavy atom. The normalized spacial score (nSPS) is 16.9. The van der Waals surface area contributed by atoms with Gasteiger partial charge in [-0.3, -0.25) is 9.59 Å². The molecule has 0 aromatic heterocycles. The van der Waals surface area contributed by atoms with E-state index in [2.05, 4.69) is 69.8 Å². The van der Waals surface area contributed by atoms with Crippen LogP contribution in [0.1, 0.15) is 63.6 Å². The number of hydrogen-bond acceptors (Lipinski definition) is 4. The highest BCUT2D eigenvalue weighted by atomic mass is 32.2. The van der Waals surface area contributed by atoms with E-state index in [4.69, 9.17) is 5.11 Å². The molecule has 1 aliphatic rings. The van der Waals surface area contributed by atoms with Crippen LogP contribution in [0.5, 0.6) is 0 Å². The van der Waals surface area contributed by atoms with Crippen molar-refractivity contribution in [3.63, 3.8) is 0 Å². The summed E-state index contributed by atoms with van der Waals surface area (Å²) in [6, 6.07) is 6.68. The number of aliphatic imine (C=N–C) groups is 1. The summed E-state index contributed by atoms with van der Waals surface area (Å²) in [6.45, 7) is 16.3. The quantitative estimate of drug-likeness (QED) is 0.652. The average Bonchev–Trinajstić information content (AvgIpc) is 2.92. The number of amides is 1. The molecule has 0 spiro atoms. The van der Waals surface area contributed by atoms with Gasteiger partial charge in [0.1, 0.15) is 5.25 Å². The fourth-order valence-corrected chi connectivity index (χ4v) is 3.83. The number of nitrogens with zero attached hydrogens (tertiary/aromatic N) is 1. The largest absolute Gasteiger partial charge is 0.481 e. The monoisotopic (exact) mass is 420 g/mol. The van der Waals surface area contributed by atoms with Crippen molar-refractivity contribution in [3.05, 3.63) is 46.0 Å². The van der Waals surface area contributed by atoms with Crippen molar-refractivity contribution in [2.24, 2.45) is 4.99 Å². The van der Waals surface area contributed by atoms with Gasteiger partial charge >= 0.3 is 5.97 Å². The van der Waals surface area contributed by atoms with E-state index in [1.807, 2.05) is 13.0 Å². The van der Waals surface area contributed by atoms with Gasteiger partial charge in [-0.2, -0.15) is 0 Å². The second-order valence-electron chi connectivity index (χ2n) is 7.94. The Hall–Kier alpha value is -2.08. The van der Waals surface area contributed by atoms with Crippen molar-refractivity contribution >= 4 is 30.4 Å². The highest BCUT2D eigenvalue weighted by molar-refractivity contribution is 8.04. The average molecular weight is 421 g/mol. The van der Waals surface area contributed by atoms with Crippen molar-refractivity contribution in [3.8, 4) is 0 Å². The van der Waals surface area contributed by atoms with Gasteiger partial charge in [-0.1, -0.05) is 75.7 Å². The fraction of sp³-hybridized carbons (Fsp3) is 0.522. The zero-order chi connectivity index (χ0) is 22.6. The molecule has 0 radical (unpaired) electrons. The Morgan fingerprint density at radius 1 is 1.34 bits per heavy atom. The van der Waals surface area contributed by atoms with Crippen LogP contribution in [0.2, 0.25) is 0 Å². The molecule has 0 bridgehead atoms. The van der Waals surface area contributed by atoms with Crippen LogP contribution in [0, 0.1) is 13.8 Å². The highest BCUT2D eigenvalue weighted by Crippen LogP contribution is 2.29. The summed E-state index contributed by atoms with van der Waals surface area (Å²) >= 11 is 1.31. The molecule has 0 saturated carbocycles. The van der Waals surface area contributed by atoms with E-state index < -0.39 is 11.2 Å². The van der Waals surface area contributed by atoms with E-state index in [-0.39, 0.29) is 17.7 Å². The number of carbonyl (C=O) groups excluding carboxylic acids is 1. The second-order valence-corrected chi connectivity index (χ2v) is 9.18. The van der Waals surface area contributed by atoms with Gasteiger partial charge in [0, 0.05) is 7.05 Å². The summed E-state index contributed by atoms with van der Waals surface area (Å²) in [5.41, 5.74) is 4.48. The van der Waals surface area contributed by atoms with Crippen molar-refractivity contribution in [2.75, 3.05) is 7.05 Å². The molecule has 1 amide bonds. The highest BCUT2D eigenvalue weighted by Gasteiger charge is 2.30. The number of thioether (sulfide) groups is 1. The Labute approximate surface area is 180 Å². The summed E-state index contributed by atoms with van der Waals surface area (Å²) in [5.74, 6) is -1.13. The molecule has 29 heavy (non-hydrogen) atoms. The van der Waals surface area contributed by atoms with Crippen LogP contribution in [-0.2, 0) is 15.0 Å². The minimum absolute atomic E-state index is 0.111. The van der Waals surface area contributed by atoms with Crippen LogP contribution in [0.15, 0.2) is 34.3 Å². The van der Waals surface area contributed by atoms with E-state index >= 15 is 0 Å². The molecule has 0 aliphatic carbocycles. The molecule has 162 valence electrons. The minimum atomic E-state index is -0.936. The third-order valence-corrected chi connectivity index (χ3v) is 5.16. The molecule has 2 N–H and O–H groups in total. The summed E-state index contributed by atoms with van der Waals surface area (Å²) < 4.78 is 0. The first-order valence-electron chi connectivity index (χ1n) is 9.78.